The third-order valence-corrected chi connectivity index (χ3v) is 9.00. The van der Waals surface area contributed by atoms with Crippen LogP contribution in [-0.4, -0.2) is 22.0 Å². The second-order valence-electron chi connectivity index (χ2n) is 8.03. The fourth-order valence-electron chi connectivity index (χ4n) is 4.56. The van der Waals surface area contributed by atoms with E-state index in [1.165, 1.54) is 0 Å². The third-order valence-electron chi connectivity index (χ3n) is 6.03. The first kappa shape index (κ1) is 21.8. The van der Waals surface area contributed by atoms with Crippen molar-refractivity contribution in [1.29, 1.82) is 0 Å². The summed E-state index contributed by atoms with van der Waals surface area (Å²) < 4.78 is 1.88. The number of benzene rings is 2. The topological polar surface area (TPSA) is 79.3 Å². The Morgan fingerprint density at radius 2 is 1.88 bits per heavy atom. The number of carbonyl (C=O) groups excluding carboxylic acids is 1. The van der Waals surface area contributed by atoms with Crippen LogP contribution >= 0.6 is 46.3 Å². The molecule has 5 rings (SSSR count). The van der Waals surface area contributed by atoms with E-state index in [1.807, 2.05) is 42.5 Å². The second-order valence-corrected chi connectivity index (χ2v) is 11.1. The van der Waals surface area contributed by atoms with E-state index in [4.69, 9.17) is 23.2 Å². The molecule has 1 amide bonds. The molecule has 2 N–H and O–H groups in total. The van der Waals surface area contributed by atoms with Crippen LogP contribution in [0, 0.1) is 23.7 Å². The number of thioether (sulfide) groups is 1. The predicted molar refractivity (Wildman–Crippen MR) is 130 cm³/mol. The van der Waals surface area contributed by atoms with E-state index in [9.17, 15) is 14.7 Å². The van der Waals surface area contributed by atoms with Gasteiger partial charge in [0.05, 0.1) is 32.1 Å². The van der Waals surface area contributed by atoms with Crippen molar-refractivity contribution in [2.45, 2.75) is 16.5 Å². The lowest BCUT2D eigenvalue weighted by Crippen LogP contribution is -2.36. The summed E-state index contributed by atoms with van der Waals surface area (Å²) in [6, 6.07) is 11.2. The number of hydrogen-bond donors (Lipinski definition) is 2. The highest BCUT2D eigenvalue weighted by molar-refractivity contribution is 8.00. The van der Waals surface area contributed by atoms with E-state index in [2.05, 4.69) is 10.3 Å². The van der Waals surface area contributed by atoms with Crippen molar-refractivity contribution in [3.63, 3.8) is 0 Å². The number of carbonyl (C=O) groups is 2. The van der Waals surface area contributed by atoms with Crippen LogP contribution in [0.5, 0.6) is 0 Å². The number of thiazole rings is 1. The van der Waals surface area contributed by atoms with E-state index < -0.39 is 17.8 Å². The third kappa shape index (κ3) is 4.15. The summed E-state index contributed by atoms with van der Waals surface area (Å²) in [6.07, 6.45) is 4.66. The number of nitrogens with zero attached hydrogens (tertiary/aromatic N) is 1. The Balaban J connectivity index is 1.28. The molecule has 164 valence electrons. The minimum absolute atomic E-state index is 0.00221. The van der Waals surface area contributed by atoms with E-state index >= 15 is 0 Å². The second kappa shape index (κ2) is 8.71. The summed E-state index contributed by atoms with van der Waals surface area (Å²) in [5.74, 6) is -1.64. The molecule has 0 saturated heterocycles. The Morgan fingerprint density at radius 1 is 1.09 bits per heavy atom. The zero-order chi connectivity index (χ0) is 22.4. The van der Waals surface area contributed by atoms with Crippen molar-refractivity contribution in [1.82, 2.24) is 4.98 Å². The minimum atomic E-state index is -0.899. The lowest BCUT2D eigenvalue weighted by molar-refractivity contribution is -0.146. The Labute approximate surface area is 202 Å². The molecular formula is C23H18Cl2N2O3S2. The first-order valence-corrected chi connectivity index (χ1v) is 12.6. The SMILES string of the molecule is O=C(O)[C@@H]1[C@@H](C(=O)Nc2ccc3nc(SCc4ccc(Cl)c(Cl)c4)sc3c2)[C@H]2C=C[C@H]1C2. The van der Waals surface area contributed by atoms with Gasteiger partial charge in [0.2, 0.25) is 5.91 Å². The number of carboxylic acid groups (broad SMARTS) is 1. The molecular weight excluding hydrogens is 487 g/mol. The average molecular weight is 505 g/mol. The van der Waals surface area contributed by atoms with Gasteiger partial charge in [0.15, 0.2) is 4.34 Å². The van der Waals surface area contributed by atoms with E-state index in [0.29, 0.717) is 21.5 Å². The molecule has 5 nitrogen and oxygen atoms in total. The van der Waals surface area contributed by atoms with Crippen LogP contribution in [0.25, 0.3) is 10.2 Å². The molecule has 0 spiro atoms. The molecule has 1 fully saturated rings. The molecule has 1 heterocycles. The van der Waals surface area contributed by atoms with Crippen LogP contribution in [-0.2, 0) is 15.3 Å². The molecule has 2 bridgehead atoms. The maximum absolute atomic E-state index is 12.9. The molecule has 32 heavy (non-hydrogen) atoms. The number of fused-ring (bicyclic) bond motifs is 3. The molecule has 0 unspecified atom stereocenters. The van der Waals surface area contributed by atoms with Crippen molar-refractivity contribution < 1.29 is 14.7 Å². The van der Waals surface area contributed by atoms with Crippen LogP contribution < -0.4 is 5.32 Å². The summed E-state index contributed by atoms with van der Waals surface area (Å²) in [5.41, 5.74) is 2.57. The van der Waals surface area contributed by atoms with Crippen LogP contribution in [0.3, 0.4) is 0 Å². The molecule has 1 aromatic heterocycles. The number of carboxylic acids is 1. The van der Waals surface area contributed by atoms with Gasteiger partial charge in [-0.15, -0.1) is 11.3 Å². The van der Waals surface area contributed by atoms with Gasteiger partial charge in [-0.05, 0) is 54.2 Å². The highest BCUT2D eigenvalue weighted by Gasteiger charge is 2.51. The lowest BCUT2D eigenvalue weighted by Gasteiger charge is -2.23. The number of nitrogens with one attached hydrogen (secondary N) is 1. The summed E-state index contributed by atoms with van der Waals surface area (Å²) in [4.78, 5) is 29.3. The van der Waals surface area contributed by atoms with Gasteiger partial charge in [0.1, 0.15) is 0 Å². The average Bonchev–Trinajstić information content (AvgIpc) is 3.48. The highest BCUT2D eigenvalue weighted by Crippen LogP contribution is 2.48. The number of aromatic nitrogens is 1. The number of anilines is 1. The van der Waals surface area contributed by atoms with Gasteiger partial charge in [0.25, 0.3) is 0 Å². The molecule has 9 heteroatoms. The van der Waals surface area contributed by atoms with Gasteiger partial charge >= 0.3 is 5.97 Å². The van der Waals surface area contributed by atoms with E-state index in [0.717, 1.165) is 26.5 Å². The monoisotopic (exact) mass is 504 g/mol. The van der Waals surface area contributed by atoms with Crippen molar-refractivity contribution >= 4 is 74.1 Å². The van der Waals surface area contributed by atoms with E-state index in [1.54, 1.807) is 29.2 Å². The Bertz CT molecular complexity index is 1260. The Hall–Kier alpha value is -2.06. The maximum Gasteiger partial charge on any atom is 0.307 e. The first-order chi connectivity index (χ1) is 15.4. The number of hydrogen-bond acceptors (Lipinski definition) is 5. The molecule has 4 atom stereocenters. The quantitative estimate of drug-likeness (QED) is 0.301. The van der Waals surface area contributed by atoms with Crippen LogP contribution in [0.4, 0.5) is 5.69 Å². The standard InChI is InChI=1S/C23H18Cl2N2O3S2/c24-15-5-1-11(7-16(15)25)10-31-23-27-17-6-4-14(9-18(17)32-23)26-21(28)19-12-2-3-13(8-12)20(19)22(29)30/h1-7,9,12-13,19-20H,8,10H2,(H,26,28)(H,29,30)/t12-,13-,19-,20-/m0/s1. The zero-order valence-electron chi connectivity index (χ0n) is 16.6. The molecule has 0 aliphatic heterocycles. The van der Waals surface area contributed by atoms with Crippen LogP contribution in [0.15, 0.2) is 52.9 Å². The van der Waals surface area contributed by atoms with Crippen LogP contribution in [0.2, 0.25) is 10.0 Å². The molecule has 1 saturated carbocycles. The number of halogens is 2. The summed E-state index contributed by atoms with van der Waals surface area (Å²) in [6.45, 7) is 0. The fraction of sp³-hybridized carbons (Fsp3) is 0.261. The van der Waals surface area contributed by atoms with Gasteiger partial charge in [-0.2, -0.15) is 0 Å². The van der Waals surface area contributed by atoms with Crippen LogP contribution in [0.1, 0.15) is 12.0 Å². The zero-order valence-corrected chi connectivity index (χ0v) is 19.8. The van der Waals surface area contributed by atoms with Crippen molar-refractivity contribution in [3.8, 4) is 0 Å². The van der Waals surface area contributed by atoms with Gasteiger partial charge < -0.3 is 10.4 Å². The number of allylic oxidation sites excluding steroid dienone is 2. The molecule has 2 aromatic carbocycles. The minimum Gasteiger partial charge on any atom is -0.481 e. The molecule has 0 radical (unpaired) electrons. The number of amides is 1. The predicted octanol–water partition coefficient (Wildman–Crippen LogP) is 6.36. The number of aliphatic carboxylic acids is 1. The van der Waals surface area contributed by atoms with Crippen molar-refractivity contribution in [2.24, 2.45) is 23.7 Å². The number of rotatable bonds is 6. The normalized spacial score (nSPS) is 23.7. The molecule has 3 aromatic rings. The van der Waals surface area contributed by atoms with Gasteiger partial charge in [-0.3, -0.25) is 9.59 Å². The van der Waals surface area contributed by atoms with E-state index in [-0.39, 0.29) is 17.7 Å². The first-order valence-electron chi connectivity index (χ1n) is 10.1. The smallest absolute Gasteiger partial charge is 0.307 e. The van der Waals surface area contributed by atoms with Gasteiger partial charge in [-0.1, -0.05) is 53.2 Å². The van der Waals surface area contributed by atoms with Crippen molar-refractivity contribution in [3.05, 3.63) is 64.2 Å². The molecule has 2 aliphatic carbocycles. The fourth-order valence-corrected chi connectivity index (χ4v) is 6.93. The summed E-state index contributed by atoms with van der Waals surface area (Å²) in [5, 5.41) is 13.6. The molecule has 2 aliphatic rings. The van der Waals surface area contributed by atoms with Crippen molar-refractivity contribution in [2.75, 3.05) is 5.32 Å². The highest BCUT2D eigenvalue weighted by atomic mass is 35.5. The Morgan fingerprint density at radius 3 is 2.62 bits per heavy atom. The van der Waals surface area contributed by atoms with Gasteiger partial charge in [-0.25, -0.2) is 4.98 Å². The largest absolute Gasteiger partial charge is 0.481 e. The summed E-state index contributed by atoms with van der Waals surface area (Å²) in [7, 11) is 0. The maximum atomic E-state index is 12.9. The van der Waals surface area contributed by atoms with Gasteiger partial charge in [0, 0.05) is 11.4 Å². The summed E-state index contributed by atoms with van der Waals surface area (Å²) >= 11 is 15.2. The Kier molecular flexibility index (Phi) is 5.92. The lowest BCUT2D eigenvalue weighted by atomic mass is 9.82.